The maximum atomic E-state index is 12.7. The van der Waals surface area contributed by atoms with Gasteiger partial charge in [-0.2, -0.15) is 0 Å². The minimum absolute atomic E-state index is 0.117. The van der Waals surface area contributed by atoms with Crippen molar-refractivity contribution in [1.82, 2.24) is 10.6 Å². The van der Waals surface area contributed by atoms with E-state index in [1.54, 1.807) is 6.07 Å². The molecule has 2 aromatic rings. The van der Waals surface area contributed by atoms with Crippen molar-refractivity contribution in [1.29, 1.82) is 0 Å². The van der Waals surface area contributed by atoms with Gasteiger partial charge in [-0.25, -0.2) is 0 Å². The number of carbonyl (C=O) groups excluding carboxylic acids is 2. The lowest BCUT2D eigenvalue weighted by Gasteiger charge is -2.23. The fourth-order valence-electron chi connectivity index (χ4n) is 2.97. The zero-order valence-corrected chi connectivity index (χ0v) is 14.3. The number of anilines is 1. The van der Waals surface area contributed by atoms with Crippen LogP contribution in [0.15, 0.2) is 54.6 Å². The van der Waals surface area contributed by atoms with Crippen LogP contribution in [0.2, 0.25) is 0 Å². The van der Waals surface area contributed by atoms with Gasteiger partial charge in [-0.3, -0.25) is 14.9 Å². The summed E-state index contributed by atoms with van der Waals surface area (Å²) in [4.78, 5) is 25.3. The van der Waals surface area contributed by atoms with E-state index >= 15 is 0 Å². The predicted molar refractivity (Wildman–Crippen MR) is 97.8 cm³/mol. The van der Waals surface area contributed by atoms with Gasteiger partial charge in [0.2, 0.25) is 11.8 Å². The highest BCUT2D eigenvalue weighted by Gasteiger charge is 2.33. The summed E-state index contributed by atoms with van der Waals surface area (Å²) < 4.78 is 5.76. The molecule has 1 heterocycles. The smallest absolute Gasteiger partial charge is 0.245 e. The summed E-state index contributed by atoms with van der Waals surface area (Å²) in [6.45, 7) is 0.156. The number of fused-ring (bicyclic) bond motifs is 1. The minimum atomic E-state index is -0.641. The summed E-state index contributed by atoms with van der Waals surface area (Å²) >= 11 is 0. The van der Waals surface area contributed by atoms with Gasteiger partial charge in [0.25, 0.3) is 0 Å². The van der Waals surface area contributed by atoms with E-state index in [1.165, 1.54) is 0 Å². The second-order valence-electron chi connectivity index (χ2n) is 6.64. The molecular formula is C20H21N3O3. The number of hydrogen-bond acceptors (Lipinski definition) is 4. The molecule has 26 heavy (non-hydrogen) atoms. The molecule has 6 nitrogen and oxygen atoms in total. The topological polar surface area (TPSA) is 79.5 Å². The summed E-state index contributed by atoms with van der Waals surface area (Å²) in [6.07, 6.45) is 2.02. The average molecular weight is 351 g/mol. The van der Waals surface area contributed by atoms with E-state index in [4.69, 9.17) is 4.74 Å². The average Bonchev–Trinajstić information content (AvgIpc) is 3.48. The number of para-hydroxylation sites is 2. The Balaban J connectivity index is 1.53. The van der Waals surface area contributed by atoms with E-state index < -0.39 is 12.1 Å². The molecule has 0 spiro atoms. The summed E-state index contributed by atoms with van der Waals surface area (Å²) in [7, 11) is 0. The molecule has 3 N–H and O–H groups in total. The number of amides is 2. The van der Waals surface area contributed by atoms with Crippen molar-refractivity contribution in [3.8, 4) is 5.75 Å². The van der Waals surface area contributed by atoms with Crippen LogP contribution in [-0.2, 0) is 9.59 Å². The molecule has 2 aliphatic rings. The van der Waals surface area contributed by atoms with Gasteiger partial charge in [-0.1, -0.05) is 42.5 Å². The Morgan fingerprint density at radius 3 is 2.58 bits per heavy atom. The second-order valence-corrected chi connectivity index (χ2v) is 6.64. The van der Waals surface area contributed by atoms with Gasteiger partial charge in [0, 0.05) is 6.04 Å². The second kappa shape index (κ2) is 7.17. The normalized spacial score (nSPS) is 20.2. The first kappa shape index (κ1) is 16.6. The fourth-order valence-corrected chi connectivity index (χ4v) is 2.97. The Labute approximate surface area is 151 Å². The number of hydrogen-bond donors (Lipinski definition) is 3. The highest BCUT2D eigenvalue weighted by Crippen LogP contribution is 2.27. The van der Waals surface area contributed by atoms with Gasteiger partial charge < -0.3 is 15.4 Å². The fraction of sp³-hybridized carbons (Fsp3) is 0.300. The van der Waals surface area contributed by atoms with E-state index in [0.29, 0.717) is 11.4 Å². The maximum Gasteiger partial charge on any atom is 0.245 e. The molecule has 2 amide bonds. The third-order valence-corrected chi connectivity index (χ3v) is 4.55. The van der Waals surface area contributed by atoms with Crippen molar-refractivity contribution in [2.45, 2.75) is 31.0 Å². The molecule has 0 aromatic heterocycles. The zero-order valence-electron chi connectivity index (χ0n) is 14.3. The van der Waals surface area contributed by atoms with Gasteiger partial charge in [0.05, 0.1) is 5.69 Å². The van der Waals surface area contributed by atoms with Gasteiger partial charge in [-0.15, -0.1) is 0 Å². The summed E-state index contributed by atoms with van der Waals surface area (Å²) in [5, 5.41) is 9.06. The SMILES string of the molecule is O=C(NC1CC1)C(N[C@H]1COc2ccccc2NC1=O)c1ccccc1. The van der Waals surface area contributed by atoms with Gasteiger partial charge in [0.15, 0.2) is 0 Å². The number of nitrogens with one attached hydrogen (secondary N) is 3. The third kappa shape index (κ3) is 3.70. The van der Waals surface area contributed by atoms with E-state index in [2.05, 4.69) is 16.0 Å². The lowest BCUT2D eigenvalue weighted by Crippen LogP contribution is -2.49. The summed E-state index contributed by atoms with van der Waals surface area (Å²) in [6, 6.07) is 15.7. The van der Waals surface area contributed by atoms with E-state index in [-0.39, 0.29) is 24.5 Å². The van der Waals surface area contributed by atoms with Gasteiger partial charge >= 0.3 is 0 Å². The third-order valence-electron chi connectivity index (χ3n) is 4.55. The van der Waals surface area contributed by atoms with Crippen molar-refractivity contribution in [2.24, 2.45) is 0 Å². The molecule has 2 atom stereocenters. The first-order valence-corrected chi connectivity index (χ1v) is 8.85. The van der Waals surface area contributed by atoms with Gasteiger partial charge in [0.1, 0.15) is 24.4 Å². The van der Waals surface area contributed by atoms with Crippen LogP contribution in [-0.4, -0.2) is 30.5 Å². The number of rotatable bonds is 5. The molecule has 4 rings (SSSR count). The zero-order chi connectivity index (χ0) is 17.9. The molecule has 1 unspecified atom stereocenters. The Hall–Kier alpha value is -2.86. The van der Waals surface area contributed by atoms with Crippen molar-refractivity contribution in [3.05, 3.63) is 60.2 Å². The highest BCUT2D eigenvalue weighted by molar-refractivity contribution is 5.97. The number of ether oxygens (including phenoxy) is 1. The molecule has 2 aromatic carbocycles. The molecule has 0 bridgehead atoms. The minimum Gasteiger partial charge on any atom is -0.489 e. The van der Waals surface area contributed by atoms with Crippen LogP contribution >= 0.6 is 0 Å². The van der Waals surface area contributed by atoms with Crippen LogP contribution in [0.3, 0.4) is 0 Å². The van der Waals surface area contributed by atoms with Crippen molar-refractivity contribution in [3.63, 3.8) is 0 Å². The summed E-state index contributed by atoms with van der Waals surface area (Å²) in [5.74, 6) is 0.298. The molecule has 134 valence electrons. The van der Waals surface area contributed by atoms with Crippen LogP contribution in [0, 0.1) is 0 Å². The molecule has 1 fully saturated rings. The molecule has 6 heteroatoms. The molecule has 1 aliphatic carbocycles. The Morgan fingerprint density at radius 1 is 1.08 bits per heavy atom. The first-order valence-electron chi connectivity index (χ1n) is 8.85. The van der Waals surface area contributed by atoms with Crippen molar-refractivity contribution < 1.29 is 14.3 Å². The van der Waals surface area contributed by atoms with E-state index in [9.17, 15) is 9.59 Å². The Kier molecular flexibility index (Phi) is 4.58. The highest BCUT2D eigenvalue weighted by atomic mass is 16.5. The van der Waals surface area contributed by atoms with Crippen molar-refractivity contribution in [2.75, 3.05) is 11.9 Å². The monoisotopic (exact) mass is 351 g/mol. The number of carbonyl (C=O) groups is 2. The largest absolute Gasteiger partial charge is 0.489 e. The Morgan fingerprint density at radius 2 is 1.81 bits per heavy atom. The van der Waals surface area contributed by atoms with Gasteiger partial charge in [-0.05, 0) is 30.5 Å². The molecule has 1 aliphatic heterocycles. The molecule has 0 radical (unpaired) electrons. The number of benzene rings is 2. The van der Waals surface area contributed by atoms with E-state index in [0.717, 1.165) is 18.4 Å². The van der Waals surface area contributed by atoms with Crippen LogP contribution < -0.4 is 20.7 Å². The van der Waals surface area contributed by atoms with Crippen LogP contribution in [0.5, 0.6) is 5.75 Å². The quantitative estimate of drug-likeness (QED) is 0.770. The lowest BCUT2D eigenvalue weighted by molar-refractivity contribution is -0.124. The van der Waals surface area contributed by atoms with Crippen LogP contribution in [0.1, 0.15) is 24.4 Å². The standard InChI is InChI=1S/C20H21N3O3/c24-19-16(12-26-17-9-5-4-8-15(17)23-19)22-18(13-6-2-1-3-7-13)20(25)21-14-10-11-14/h1-9,14,16,18,22H,10-12H2,(H,21,25)(H,23,24)/t16-,18?/m0/s1. The van der Waals surface area contributed by atoms with Crippen LogP contribution in [0.25, 0.3) is 0 Å². The van der Waals surface area contributed by atoms with Crippen molar-refractivity contribution >= 4 is 17.5 Å². The predicted octanol–water partition coefficient (Wildman–Crippen LogP) is 2.00. The van der Waals surface area contributed by atoms with E-state index in [1.807, 2.05) is 48.5 Å². The first-order chi connectivity index (χ1) is 12.7. The van der Waals surface area contributed by atoms with Crippen LogP contribution in [0.4, 0.5) is 5.69 Å². The maximum absolute atomic E-state index is 12.7. The molecule has 0 saturated heterocycles. The summed E-state index contributed by atoms with van der Waals surface area (Å²) in [5.41, 5.74) is 1.46. The molecule has 1 saturated carbocycles. The Bertz CT molecular complexity index is 805. The molecular weight excluding hydrogens is 330 g/mol. The lowest BCUT2D eigenvalue weighted by atomic mass is 10.0.